The van der Waals surface area contributed by atoms with Crippen molar-refractivity contribution in [3.63, 3.8) is 0 Å². The Hall–Kier alpha value is -3.08. The molecule has 0 saturated carbocycles. The summed E-state index contributed by atoms with van der Waals surface area (Å²) in [6.45, 7) is 2.69. The zero-order valence-corrected chi connectivity index (χ0v) is 15.9. The van der Waals surface area contributed by atoms with Gasteiger partial charge in [-0.05, 0) is 36.6 Å². The number of anilines is 1. The molecule has 0 aliphatic carbocycles. The van der Waals surface area contributed by atoms with Gasteiger partial charge in [-0.3, -0.25) is 9.59 Å². The average molecular weight is 373 g/mol. The number of nitrogens with zero attached hydrogens (tertiary/aromatic N) is 1. The molecule has 5 heteroatoms. The molecule has 5 nitrogen and oxygen atoms in total. The smallest absolute Gasteiger partial charge is 0.270 e. The summed E-state index contributed by atoms with van der Waals surface area (Å²) >= 11 is 0. The number of benzene rings is 2. The Balaban J connectivity index is 1.56. The van der Waals surface area contributed by atoms with Gasteiger partial charge in [-0.15, -0.1) is 0 Å². The molecular weight excluding hydrogens is 350 g/mol. The molecule has 2 aromatic carbocycles. The van der Waals surface area contributed by atoms with Crippen LogP contribution in [0.4, 0.5) is 5.69 Å². The van der Waals surface area contributed by atoms with Crippen LogP contribution in [0.3, 0.4) is 0 Å². The van der Waals surface area contributed by atoms with Gasteiger partial charge in [-0.2, -0.15) is 0 Å². The van der Waals surface area contributed by atoms with Crippen LogP contribution < -0.4 is 5.32 Å². The molecule has 1 saturated heterocycles. The van der Waals surface area contributed by atoms with E-state index in [0.29, 0.717) is 18.7 Å². The van der Waals surface area contributed by atoms with Gasteiger partial charge in [0, 0.05) is 23.1 Å². The lowest BCUT2D eigenvalue weighted by atomic mass is 9.73. The van der Waals surface area contributed by atoms with Crippen molar-refractivity contribution in [3.05, 3.63) is 65.9 Å². The van der Waals surface area contributed by atoms with E-state index in [4.69, 9.17) is 0 Å². The molecule has 3 heterocycles. The van der Waals surface area contributed by atoms with Crippen molar-refractivity contribution in [1.29, 1.82) is 0 Å². The highest BCUT2D eigenvalue weighted by molar-refractivity contribution is 6.08. The minimum Gasteiger partial charge on any atom is -0.351 e. The standard InChI is InChI=1S/C23H23N3O2/c1-2-7-20-23(16-9-4-6-11-18(16)25-22(23)28)12-13-26(20)21(27)19-14-15-8-3-5-10-17(15)24-19/h3-6,8-11,14,20,24H,2,7,12-13H2,1H3,(H,25,28)/t20-,23-/m0/s1. The summed E-state index contributed by atoms with van der Waals surface area (Å²) in [5, 5.41) is 4.08. The summed E-state index contributed by atoms with van der Waals surface area (Å²) in [6.07, 6.45) is 2.37. The van der Waals surface area contributed by atoms with E-state index in [1.807, 2.05) is 59.5 Å². The molecule has 0 radical (unpaired) electrons. The second-order valence-electron chi connectivity index (χ2n) is 7.79. The normalized spacial score (nSPS) is 23.4. The number of amides is 2. The Morgan fingerprint density at radius 2 is 1.96 bits per heavy atom. The number of H-pyrrole nitrogens is 1. The fourth-order valence-electron chi connectivity index (χ4n) is 5.06. The van der Waals surface area contributed by atoms with E-state index in [-0.39, 0.29) is 17.9 Å². The van der Waals surface area contributed by atoms with E-state index in [1.165, 1.54) is 0 Å². The molecule has 0 unspecified atom stereocenters. The monoisotopic (exact) mass is 373 g/mol. The largest absolute Gasteiger partial charge is 0.351 e. The summed E-state index contributed by atoms with van der Waals surface area (Å²) < 4.78 is 0. The summed E-state index contributed by atoms with van der Waals surface area (Å²) in [4.78, 5) is 31.7. The van der Waals surface area contributed by atoms with Gasteiger partial charge in [0.25, 0.3) is 5.91 Å². The van der Waals surface area contributed by atoms with Crippen molar-refractivity contribution < 1.29 is 9.59 Å². The molecule has 28 heavy (non-hydrogen) atoms. The minimum absolute atomic E-state index is 0.0243. The zero-order valence-electron chi connectivity index (χ0n) is 15.9. The summed E-state index contributed by atoms with van der Waals surface area (Å²) in [5.74, 6) is 0.00260. The highest BCUT2D eigenvalue weighted by Crippen LogP contribution is 2.49. The number of rotatable bonds is 3. The van der Waals surface area contributed by atoms with Crippen LogP contribution in [0.25, 0.3) is 10.9 Å². The Labute approximate surface area is 163 Å². The maximum absolute atomic E-state index is 13.4. The SMILES string of the molecule is CCC[C@@H]1N(C(=O)c2cc3ccccc3[nH]2)CC[C@@]12C(=O)Nc1ccccc12. The maximum Gasteiger partial charge on any atom is 0.270 e. The van der Waals surface area contributed by atoms with Crippen molar-refractivity contribution in [2.45, 2.75) is 37.6 Å². The van der Waals surface area contributed by atoms with Crippen LogP contribution in [0.15, 0.2) is 54.6 Å². The maximum atomic E-state index is 13.4. The van der Waals surface area contributed by atoms with Gasteiger partial charge in [0.2, 0.25) is 5.91 Å². The third-order valence-electron chi connectivity index (χ3n) is 6.34. The highest BCUT2D eigenvalue weighted by atomic mass is 16.2. The number of hydrogen-bond donors (Lipinski definition) is 2. The van der Waals surface area contributed by atoms with Crippen molar-refractivity contribution in [2.24, 2.45) is 0 Å². The average Bonchev–Trinajstić information content (AvgIpc) is 3.38. The van der Waals surface area contributed by atoms with Gasteiger partial charge in [0.15, 0.2) is 0 Å². The number of hydrogen-bond acceptors (Lipinski definition) is 2. The van der Waals surface area contributed by atoms with Gasteiger partial charge < -0.3 is 15.2 Å². The van der Waals surface area contributed by atoms with Crippen LogP contribution in [-0.4, -0.2) is 34.3 Å². The first kappa shape index (κ1) is 17.0. The quantitative estimate of drug-likeness (QED) is 0.727. The van der Waals surface area contributed by atoms with Crippen LogP contribution in [-0.2, 0) is 10.2 Å². The fourth-order valence-corrected chi connectivity index (χ4v) is 5.06. The number of carbonyl (C=O) groups is 2. The van der Waals surface area contributed by atoms with Crippen molar-refractivity contribution in [2.75, 3.05) is 11.9 Å². The lowest BCUT2D eigenvalue weighted by Crippen LogP contribution is -2.48. The first-order valence-electron chi connectivity index (χ1n) is 9.95. The van der Waals surface area contributed by atoms with Crippen LogP contribution in [0.2, 0.25) is 0 Å². The third kappa shape index (κ3) is 2.25. The third-order valence-corrected chi connectivity index (χ3v) is 6.34. The van der Waals surface area contributed by atoms with Gasteiger partial charge in [-0.25, -0.2) is 0 Å². The van der Waals surface area contributed by atoms with Gasteiger partial charge in [-0.1, -0.05) is 49.7 Å². The molecule has 2 aliphatic heterocycles. The number of carbonyl (C=O) groups excluding carboxylic acids is 2. The first-order chi connectivity index (χ1) is 13.6. The van der Waals surface area contributed by atoms with E-state index in [9.17, 15) is 9.59 Å². The molecule has 2 amide bonds. The predicted molar refractivity (Wildman–Crippen MR) is 109 cm³/mol. The van der Waals surface area contributed by atoms with Crippen molar-refractivity contribution in [1.82, 2.24) is 9.88 Å². The molecular formula is C23H23N3O2. The molecule has 1 spiro atoms. The Kier molecular flexibility index (Phi) is 3.79. The van der Waals surface area contributed by atoms with E-state index in [1.54, 1.807) is 0 Å². The lowest BCUT2D eigenvalue weighted by molar-refractivity contribution is -0.121. The predicted octanol–water partition coefficient (Wildman–Crippen LogP) is 4.07. The molecule has 1 fully saturated rings. The second-order valence-corrected chi connectivity index (χ2v) is 7.79. The van der Waals surface area contributed by atoms with E-state index >= 15 is 0 Å². The Bertz CT molecular complexity index is 1050. The van der Waals surface area contributed by atoms with Crippen LogP contribution in [0.5, 0.6) is 0 Å². The second kappa shape index (κ2) is 6.23. The lowest BCUT2D eigenvalue weighted by Gasteiger charge is -2.33. The molecule has 5 rings (SSSR count). The van der Waals surface area contributed by atoms with E-state index in [2.05, 4.69) is 17.2 Å². The minimum atomic E-state index is -0.645. The highest BCUT2D eigenvalue weighted by Gasteiger charge is 2.58. The van der Waals surface area contributed by atoms with Gasteiger partial charge in [0.05, 0.1) is 11.5 Å². The molecule has 1 aromatic heterocycles. The number of nitrogens with one attached hydrogen (secondary N) is 2. The number of para-hydroxylation sites is 2. The summed E-state index contributed by atoms with van der Waals surface area (Å²) in [6, 6.07) is 17.6. The molecule has 2 aliphatic rings. The number of fused-ring (bicyclic) bond motifs is 3. The van der Waals surface area contributed by atoms with E-state index < -0.39 is 5.41 Å². The van der Waals surface area contributed by atoms with Crippen LogP contribution in [0, 0.1) is 0 Å². The molecule has 3 aromatic rings. The number of aromatic nitrogens is 1. The molecule has 2 N–H and O–H groups in total. The van der Waals surface area contributed by atoms with Crippen molar-refractivity contribution >= 4 is 28.4 Å². The topological polar surface area (TPSA) is 65.2 Å². The van der Waals surface area contributed by atoms with E-state index in [0.717, 1.165) is 35.0 Å². The van der Waals surface area contributed by atoms with Crippen LogP contribution >= 0.6 is 0 Å². The molecule has 2 atom stereocenters. The fraction of sp³-hybridized carbons (Fsp3) is 0.304. The molecule has 0 bridgehead atoms. The summed E-state index contributed by atoms with van der Waals surface area (Å²) in [7, 11) is 0. The van der Waals surface area contributed by atoms with Crippen molar-refractivity contribution in [3.8, 4) is 0 Å². The number of aromatic amines is 1. The Morgan fingerprint density at radius 1 is 1.18 bits per heavy atom. The number of likely N-dealkylation sites (tertiary alicyclic amines) is 1. The van der Waals surface area contributed by atoms with Crippen LogP contribution in [0.1, 0.15) is 42.2 Å². The first-order valence-corrected chi connectivity index (χ1v) is 9.95. The van der Waals surface area contributed by atoms with Gasteiger partial charge >= 0.3 is 0 Å². The zero-order chi connectivity index (χ0) is 19.3. The van der Waals surface area contributed by atoms with Gasteiger partial charge in [0.1, 0.15) is 5.69 Å². The Morgan fingerprint density at radius 3 is 2.79 bits per heavy atom. The summed E-state index contributed by atoms with van der Waals surface area (Å²) in [5.41, 5.74) is 2.81. The molecule has 142 valence electrons.